The highest BCUT2D eigenvalue weighted by atomic mass is 16.4. The van der Waals surface area contributed by atoms with Crippen LogP contribution in [0, 0.1) is 17.3 Å². The molecule has 7 nitrogen and oxygen atoms in total. The summed E-state index contributed by atoms with van der Waals surface area (Å²) < 4.78 is 0. The van der Waals surface area contributed by atoms with E-state index in [1.165, 1.54) is 13.0 Å². The molecular weight excluding hydrogens is 346 g/mol. The minimum absolute atomic E-state index is 0.000269. The van der Waals surface area contributed by atoms with Gasteiger partial charge in [-0.25, -0.2) is 4.79 Å². The third-order valence-corrected chi connectivity index (χ3v) is 4.47. The summed E-state index contributed by atoms with van der Waals surface area (Å²) in [7, 11) is 1.71. The van der Waals surface area contributed by atoms with Crippen molar-refractivity contribution in [2.45, 2.75) is 73.5 Å². The van der Waals surface area contributed by atoms with Crippen LogP contribution in [0.25, 0.3) is 0 Å². The van der Waals surface area contributed by atoms with Crippen LogP contribution in [0.2, 0.25) is 0 Å². The third kappa shape index (κ3) is 8.12. The van der Waals surface area contributed by atoms with Gasteiger partial charge in [-0.05, 0) is 31.2 Å². The van der Waals surface area contributed by atoms with E-state index in [2.05, 4.69) is 16.0 Å². The first-order valence-electron chi connectivity index (χ1n) is 9.42. The van der Waals surface area contributed by atoms with Gasteiger partial charge in [-0.15, -0.1) is 0 Å². The molecule has 0 aliphatic rings. The predicted octanol–water partition coefficient (Wildman–Crippen LogP) is 1.93. The van der Waals surface area contributed by atoms with E-state index in [0.717, 1.165) is 0 Å². The van der Waals surface area contributed by atoms with Gasteiger partial charge < -0.3 is 21.1 Å². The molecule has 156 valence electrons. The van der Waals surface area contributed by atoms with Crippen LogP contribution in [-0.2, 0) is 14.4 Å². The van der Waals surface area contributed by atoms with Crippen LogP contribution in [-0.4, -0.2) is 48.1 Å². The summed E-state index contributed by atoms with van der Waals surface area (Å²) >= 11 is 0. The van der Waals surface area contributed by atoms with Crippen molar-refractivity contribution in [1.82, 2.24) is 16.0 Å². The van der Waals surface area contributed by atoms with Crippen LogP contribution in [0.5, 0.6) is 0 Å². The molecule has 0 saturated carbocycles. The molecule has 3 atom stereocenters. The van der Waals surface area contributed by atoms with Crippen LogP contribution in [0.15, 0.2) is 11.6 Å². The number of hydrogen-bond acceptors (Lipinski definition) is 4. The monoisotopic (exact) mass is 383 g/mol. The van der Waals surface area contributed by atoms with Gasteiger partial charge in [-0.1, -0.05) is 54.5 Å². The van der Waals surface area contributed by atoms with Crippen molar-refractivity contribution in [3.8, 4) is 0 Å². The van der Waals surface area contributed by atoms with E-state index in [4.69, 9.17) is 5.11 Å². The molecule has 27 heavy (non-hydrogen) atoms. The summed E-state index contributed by atoms with van der Waals surface area (Å²) in [5.74, 6) is -1.52. The molecule has 7 heteroatoms. The van der Waals surface area contributed by atoms with Crippen molar-refractivity contribution >= 4 is 17.8 Å². The van der Waals surface area contributed by atoms with E-state index in [0.29, 0.717) is 0 Å². The van der Waals surface area contributed by atoms with Crippen molar-refractivity contribution in [3.05, 3.63) is 11.6 Å². The number of hydrogen-bond donors (Lipinski definition) is 4. The van der Waals surface area contributed by atoms with Gasteiger partial charge in [0.2, 0.25) is 11.8 Å². The van der Waals surface area contributed by atoms with Crippen LogP contribution in [0.3, 0.4) is 0 Å². The van der Waals surface area contributed by atoms with Crippen LogP contribution >= 0.6 is 0 Å². The second-order valence-electron chi connectivity index (χ2n) is 8.75. The van der Waals surface area contributed by atoms with Gasteiger partial charge in [0.05, 0.1) is 12.1 Å². The fraction of sp³-hybridized carbons (Fsp3) is 0.750. The Morgan fingerprint density at radius 2 is 1.44 bits per heavy atom. The molecule has 0 aliphatic heterocycles. The lowest BCUT2D eigenvalue weighted by atomic mass is 9.85. The maximum absolute atomic E-state index is 12.9. The van der Waals surface area contributed by atoms with Crippen LogP contribution in [0.4, 0.5) is 0 Å². The minimum Gasteiger partial charge on any atom is -0.478 e. The molecular formula is C20H37N3O4. The molecule has 0 aromatic heterocycles. The topological polar surface area (TPSA) is 108 Å². The molecule has 0 aromatic carbocycles. The standard InChI is InChI=1S/C20H37N3O4/c1-11(2)14(10-13(5)19(26)27)22-18(25)16(20(6,7)8)23-17(24)15(21-9)12(3)4/h10-12,14-16,21H,1-9H3,(H,22,25)(H,23,24)(H,26,27)/t14?,15-,16+/m0/s1. The Morgan fingerprint density at radius 1 is 0.926 bits per heavy atom. The predicted molar refractivity (Wildman–Crippen MR) is 107 cm³/mol. The van der Waals surface area contributed by atoms with E-state index in [1.54, 1.807) is 7.05 Å². The molecule has 1 unspecified atom stereocenters. The smallest absolute Gasteiger partial charge is 0.331 e. The Balaban J connectivity index is 5.52. The van der Waals surface area contributed by atoms with Gasteiger partial charge in [0.25, 0.3) is 0 Å². The number of carbonyl (C=O) groups is 3. The largest absolute Gasteiger partial charge is 0.478 e. The number of carboxylic acid groups (broad SMARTS) is 1. The highest BCUT2D eigenvalue weighted by Gasteiger charge is 2.35. The zero-order chi connectivity index (χ0) is 21.5. The van der Waals surface area contributed by atoms with Crippen molar-refractivity contribution in [1.29, 1.82) is 0 Å². The average molecular weight is 384 g/mol. The molecule has 0 aliphatic carbocycles. The van der Waals surface area contributed by atoms with Gasteiger partial charge in [0.1, 0.15) is 6.04 Å². The second kappa shape index (κ2) is 10.4. The van der Waals surface area contributed by atoms with Crippen LogP contribution in [0.1, 0.15) is 55.4 Å². The number of rotatable bonds is 9. The summed E-state index contributed by atoms with van der Waals surface area (Å²) in [4.78, 5) is 36.7. The Labute approximate surface area is 163 Å². The van der Waals surface area contributed by atoms with Gasteiger partial charge >= 0.3 is 5.97 Å². The van der Waals surface area contributed by atoms with Gasteiger partial charge in [-0.3, -0.25) is 9.59 Å². The van der Waals surface area contributed by atoms with Gasteiger partial charge in [0, 0.05) is 5.57 Å². The summed E-state index contributed by atoms with van der Waals surface area (Å²) in [6.45, 7) is 14.8. The number of amides is 2. The van der Waals surface area contributed by atoms with Crippen molar-refractivity contribution in [3.63, 3.8) is 0 Å². The lowest BCUT2D eigenvalue weighted by Gasteiger charge is -2.34. The third-order valence-electron chi connectivity index (χ3n) is 4.47. The number of likely N-dealkylation sites (N-methyl/N-ethyl adjacent to an activating group) is 1. The fourth-order valence-corrected chi connectivity index (χ4v) is 2.66. The first-order chi connectivity index (χ1) is 12.2. The van der Waals surface area contributed by atoms with E-state index in [1.807, 2.05) is 48.5 Å². The molecule has 0 fully saturated rings. The molecule has 0 rings (SSSR count). The van der Waals surface area contributed by atoms with Crippen molar-refractivity contribution in [2.24, 2.45) is 17.3 Å². The lowest BCUT2D eigenvalue weighted by molar-refractivity contribution is -0.133. The molecule has 0 heterocycles. The Bertz CT molecular complexity index is 562. The number of aliphatic carboxylic acids is 1. The highest BCUT2D eigenvalue weighted by Crippen LogP contribution is 2.21. The molecule has 0 spiro atoms. The molecule has 2 amide bonds. The average Bonchev–Trinajstić information content (AvgIpc) is 2.50. The Morgan fingerprint density at radius 3 is 1.78 bits per heavy atom. The summed E-state index contributed by atoms with van der Waals surface area (Å²) in [6.07, 6.45) is 1.54. The van der Waals surface area contributed by atoms with E-state index >= 15 is 0 Å². The van der Waals surface area contributed by atoms with Crippen LogP contribution < -0.4 is 16.0 Å². The van der Waals surface area contributed by atoms with Crippen molar-refractivity contribution in [2.75, 3.05) is 7.05 Å². The van der Waals surface area contributed by atoms with E-state index < -0.39 is 29.5 Å². The van der Waals surface area contributed by atoms with Crippen molar-refractivity contribution < 1.29 is 19.5 Å². The first kappa shape index (κ1) is 25.1. The molecule has 0 aromatic rings. The normalized spacial score (nSPS) is 16.0. The highest BCUT2D eigenvalue weighted by molar-refractivity contribution is 5.91. The minimum atomic E-state index is -1.02. The maximum atomic E-state index is 12.9. The summed E-state index contributed by atoms with van der Waals surface area (Å²) in [5, 5.41) is 17.8. The second-order valence-corrected chi connectivity index (χ2v) is 8.75. The number of nitrogens with one attached hydrogen (secondary N) is 3. The molecule has 0 saturated heterocycles. The quantitative estimate of drug-likeness (QED) is 0.455. The fourth-order valence-electron chi connectivity index (χ4n) is 2.66. The first-order valence-corrected chi connectivity index (χ1v) is 9.42. The molecule has 0 bridgehead atoms. The summed E-state index contributed by atoms with van der Waals surface area (Å²) in [5.41, 5.74) is -0.345. The molecule has 0 radical (unpaired) electrons. The lowest BCUT2D eigenvalue weighted by Crippen LogP contribution is -2.59. The Kier molecular flexibility index (Phi) is 9.71. The van der Waals surface area contributed by atoms with Gasteiger partial charge in [0.15, 0.2) is 0 Å². The zero-order valence-electron chi connectivity index (χ0n) is 18.1. The van der Waals surface area contributed by atoms with Gasteiger partial charge in [-0.2, -0.15) is 0 Å². The van der Waals surface area contributed by atoms with E-state index in [-0.39, 0.29) is 29.2 Å². The SMILES string of the molecule is CN[C@H](C(=O)N[C@H](C(=O)NC(C=C(C)C(=O)O)C(C)C)C(C)(C)C)C(C)C. The zero-order valence-corrected chi connectivity index (χ0v) is 18.1. The number of carbonyl (C=O) groups excluding carboxylic acids is 2. The van der Waals surface area contributed by atoms with E-state index in [9.17, 15) is 14.4 Å². The summed E-state index contributed by atoms with van der Waals surface area (Å²) in [6, 6.07) is -1.60. The Hall–Kier alpha value is -1.89. The number of carboxylic acids is 1. The maximum Gasteiger partial charge on any atom is 0.331 e. The molecule has 4 N–H and O–H groups in total.